The molecule has 0 N–H and O–H groups in total. The van der Waals surface area contributed by atoms with Crippen LogP contribution < -0.4 is 9.47 Å². The van der Waals surface area contributed by atoms with Gasteiger partial charge in [-0.05, 0) is 44.1 Å². The van der Waals surface area contributed by atoms with Gasteiger partial charge in [0.05, 0.1) is 14.2 Å². The number of benzene rings is 1. The van der Waals surface area contributed by atoms with Crippen LogP contribution in [0.2, 0.25) is 0 Å². The van der Waals surface area contributed by atoms with Crippen LogP contribution in [0.4, 0.5) is 0 Å². The average molecular weight is 357 g/mol. The highest BCUT2D eigenvalue weighted by Gasteiger charge is 2.47. The summed E-state index contributed by atoms with van der Waals surface area (Å²) in [4.78, 5) is 0.207. The van der Waals surface area contributed by atoms with Gasteiger partial charge in [-0.25, -0.2) is 8.42 Å². The van der Waals surface area contributed by atoms with Crippen LogP contribution in [0.5, 0.6) is 11.5 Å². The third kappa shape index (κ3) is 2.94. The van der Waals surface area contributed by atoms with Gasteiger partial charge in [-0.2, -0.15) is 16.1 Å². The number of nitrogens with zero attached hydrogens (tertiary/aromatic N) is 1. The van der Waals surface area contributed by atoms with Crippen LogP contribution in [0.3, 0.4) is 0 Å². The summed E-state index contributed by atoms with van der Waals surface area (Å²) in [5.41, 5.74) is 0. The van der Waals surface area contributed by atoms with Crippen molar-refractivity contribution in [1.29, 1.82) is 0 Å². The zero-order chi connectivity index (χ0) is 16.6. The summed E-state index contributed by atoms with van der Waals surface area (Å²) in [6, 6.07) is 5.14. The molecule has 1 aromatic rings. The SMILES string of the molecule is COc1ccc(OC)c(S(=O)(=O)N2C3CCC2CC(SC)C3)c1. The summed E-state index contributed by atoms with van der Waals surface area (Å²) in [6.07, 6.45) is 5.88. The van der Waals surface area contributed by atoms with E-state index in [-0.39, 0.29) is 17.0 Å². The first kappa shape index (κ1) is 16.9. The number of fused-ring (bicyclic) bond motifs is 2. The number of hydrogen-bond acceptors (Lipinski definition) is 5. The smallest absolute Gasteiger partial charge is 0.247 e. The Morgan fingerprint density at radius 2 is 1.78 bits per heavy atom. The number of methoxy groups -OCH3 is 2. The van der Waals surface area contributed by atoms with Crippen molar-refractivity contribution in [3.8, 4) is 11.5 Å². The maximum atomic E-state index is 13.3. The Kier molecular flexibility index (Phi) is 4.80. The van der Waals surface area contributed by atoms with Crippen LogP contribution in [0.1, 0.15) is 25.7 Å². The van der Waals surface area contributed by atoms with E-state index in [9.17, 15) is 8.42 Å². The van der Waals surface area contributed by atoms with Gasteiger partial charge in [-0.15, -0.1) is 0 Å². The third-order valence-electron chi connectivity index (χ3n) is 4.88. The molecule has 2 aliphatic rings. The Balaban J connectivity index is 2.00. The van der Waals surface area contributed by atoms with Gasteiger partial charge < -0.3 is 9.47 Å². The summed E-state index contributed by atoms with van der Waals surface area (Å²) in [7, 11) is -0.557. The molecule has 0 spiro atoms. The van der Waals surface area contributed by atoms with E-state index in [0.717, 1.165) is 25.7 Å². The molecule has 3 rings (SSSR count). The molecular weight excluding hydrogens is 334 g/mol. The molecule has 23 heavy (non-hydrogen) atoms. The molecule has 7 heteroatoms. The van der Waals surface area contributed by atoms with E-state index >= 15 is 0 Å². The number of sulfonamides is 1. The first-order valence-corrected chi connectivity index (χ1v) is 10.5. The van der Waals surface area contributed by atoms with E-state index in [1.54, 1.807) is 22.5 Å². The predicted molar refractivity (Wildman–Crippen MR) is 91.9 cm³/mol. The third-order valence-corrected chi connectivity index (χ3v) is 7.96. The van der Waals surface area contributed by atoms with Gasteiger partial charge in [0.2, 0.25) is 10.0 Å². The summed E-state index contributed by atoms with van der Waals surface area (Å²) < 4.78 is 38.8. The fourth-order valence-corrected chi connectivity index (χ4v) is 6.66. The van der Waals surface area contributed by atoms with E-state index in [2.05, 4.69) is 6.26 Å². The normalized spacial score (nSPS) is 27.9. The second kappa shape index (κ2) is 6.53. The lowest BCUT2D eigenvalue weighted by atomic mass is 10.1. The van der Waals surface area contributed by atoms with Gasteiger partial charge in [0.25, 0.3) is 0 Å². The van der Waals surface area contributed by atoms with Crippen molar-refractivity contribution in [2.24, 2.45) is 0 Å². The lowest BCUT2D eigenvalue weighted by Gasteiger charge is -2.37. The van der Waals surface area contributed by atoms with Crippen molar-refractivity contribution >= 4 is 21.8 Å². The number of rotatable bonds is 5. The molecule has 0 aliphatic carbocycles. The highest BCUT2D eigenvalue weighted by Crippen LogP contribution is 2.44. The molecule has 2 bridgehead atoms. The monoisotopic (exact) mass is 357 g/mol. The van der Waals surface area contributed by atoms with Gasteiger partial charge in [0, 0.05) is 23.4 Å². The van der Waals surface area contributed by atoms with Gasteiger partial charge >= 0.3 is 0 Å². The highest BCUT2D eigenvalue weighted by molar-refractivity contribution is 7.99. The first-order chi connectivity index (χ1) is 11.0. The Morgan fingerprint density at radius 3 is 2.30 bits per heavy atom. The molecule has 0 amide bonds. The Morgan fingerprint density at radius 1 is 1.13 bits per heavy atom. The van der Waals surface area contributed by atoms with Crippen LogP contribution in [0.15, 0.2) is 23.1 Å². The van der Waals surface area contributed by atoms with Crippen LogP contribution in [-0.2, 0) is 10.0 Å². The first-order valence-electron chi connectivity index (χ1n) is 7.79. The molecule has 0 saturated carbocycles. The molecule has 2 heterocycles. The van der Waals surface area contributed by atoms with Crippen molar-refractivity contribution in [3.05, 3.63) is 18.2 Å². The van der Waals surface area contributed by atoms with Gasteiger partial charge in [0.15, 0.2) is 0 Å². The van der Waals surface area contributed by atoms with E-state index < -0.39 is 10.0 Å². The van der Waals surface area contributed by atoms with Crippen LogP contribution in [0, 0.1) is 0 Å². The lowest BCUT2D eigenvalue weighted by molar-refractivity contribution is 0.252. The highest BCUT2D eigenvalue weighted by atomic mass is 32.2. The molecule has 2 aliphatic heterocycles. The molecule has 2 unspecified atom stereocenters. The predicted octanol–water partition coefficient (Wildman–Crippen LogP) is 2.75. The molecule has 0 aromatic heterocycles. The Labute approximate surface area is 142 Å². The molecular formula is C16H23NO4S2. The van der Waals surface area contributed by atoms with Crippen molar-refractivity contribution < 1.29 is 17.9 Å². The summed E-state index contributed by atoms with van der Waals surface area (Å²) in [5, 5.41) is 0.561. The Bertz CT molecular complexity index is 663. The van der Waals surface area contributed by atoms with Crippen molar-refractivity contribution in [3.63, 3.8) is 0 Å². The van der Waals surface area contributed by atoms with Gasteiger partial charge in [-0.1, -0.05) is 0 Å². The second-order valence-electron chi connectivity index (χ2n) is 6.07. The lowest BCUT2D eigenvalue weighted by Crippen LogP contribution is -2.47. The van der Waals surface area contributed by atoms with E-state index in [0.29, 0.717) is 16.7 Å². The maximum Gasteiger partial charge on any atom is 0.247 e. The van der Waals surface area contributed by atoms with Crippen molar-refractivity contribution in [2.75, 3.05) is 20.5 Å². The minimum atomic E-state index is -3.59. The second-order valence-corrected chi connectivity index (χ2v) is 9.02. The largest absolute Gasteiger partial charge is 0.497 e. The summed E-state index contributed by atoms with van der Waals surface area (Å²) >= 11 is 1.85. The number of thioether (sulfide) groups is 1. The Hall–Kier alpha value is -0.920. The summed E-state index contributed by atoms with van der Waals surface area (Å²) in [5.74, 6) is 0.896. The number of ether oxygens (including phenoxy) is 2. The van der Waals surface area contributed by atoms with Crippen LogP contribution in [-0.4, -0.2) is 50.5 Å². The van der Waals surface area contributed by atoms with E-state index in [1.807, 2.05) is 11.8 Å². The molecule has 1 aromatic carbocycles. The standard InChI is InChI=1S/C16H23NO4S2/c1-20-13-6-7-15(21-2)16(10-13)23(18,19)17-11-4-5-12(17)9-14(8-11)22-3/h6-7,10-12,14H,4-5,8-9H2,1-3H3. The zero-order valence-electron chi connectivity index (χ0n) is 13.7. The van der Waals surface area contributed by atoms with E-state index in [4.69, 9.17) is 9.47 Å². The molecule has 5 nitrogen and oxygen atoms in total. The number of piperidine rings is 1. The average Bonchev–Trinajstić information content (AvgIpc) is 2.85. The molecule has 128 valence electrons. The van der Waals surface area contributed by atoms with Crippen molar-refractivity contribution in [1.82, 2.24) is 4.31 Å². The molecule has 0 radical (unpaired) electrons. The minimum Gasteiger partial charge on any atom is -0.497 e. The maximum absolute atomic E-state index is 13.3. The van der Waals surface area contributed by atoms with Gasteiger partial charge in [0.1, 0.15) is 16.4 Å². The quantitative estimate of drug-likeness (QED) is 0.811. The zero-order valence-corrected chi connectivity index (χ0v) is 15.3. The van der Waals surface area contributed by atoms with Crippen LogP contribution >= 0.6 is 11.8 Å². The molecule has 2 atom stereocenters. The molecule has 2 saturated heterocycles. The minimum absolute atomic E-state index is 0.104. The topological polar surface area (TPSA) is 55.8 Å². The summed E-state index contributed by atoms with van der Waals surface area (Å²) in [6.45, 7) is 0. The van der Waals surface area contributed by atoms with Gasteiger partial charge in [-0.3, -0.25) is 0 Å². The molecule has 2 fully saturated rings. The van der Waals surface area contributed by atoms with E-state index in [1.165, 1.54) is 14.2 Å². The fourth-order valence-electron chi connectivity index (χ4n) is 3.77. The van der Waals surface area contributed by atoms with Crippen LogP contribution in [0.25, 0.3) is 0 Å². The van der Waals surface area contributed by atoms with Crippen molar-refractivity contribution in [2.45, 2.75) is 47.9 Å². The fraction of sp³-hybridized carbons (Fsp3) is 0.625. The number of hydrogen-bond donors (Lipinski definition) is 0.